The molecule has 0 bridgehead atoms. The second-order valence-corrected chi connectivity index (χ2v) is 5.30. The maximum atomic E-state index is 11.1. The summed E-state index contributed by atoms with van der Waals surface area (Å²) in [5.41, 5.74) is 1.51. The standard InChI is InChI=1S/C8H10BrNO2S/c1-5-4-8(13(10,11)12)6(2)3-7(5)9/h3-4H,1-2H3,(H2,10,11,12). The Bertz CT molecular complexity index is 440. The van der Waals surface area contributed by atoms with Gasteiger partial charge in [0, 0.05) is 4.47 Å². The van der Waals surface area contributed by atoms with Crippen molar-refractivity contribution in [3.8, 4) is 0 Å². The highest BCUT2D eigenvalue weighted by molar-refractivity contribution is 9.10. The van der Waals surface area contributed by atoms with Crippen molar-refractivity contribution in [1.29, 1.82) is 0 Å². The van der Waals surface area contributed by atoms with E-state index in [0.717, 1.165) is 10.0 Å². The molecule has 0 saturated heterocycles. The van der Waals surface area contributed by atoms with E-state index < -0.39 is 10.0 Å². The smallest absolute Gasteiger partial charge is 0.225 e. The monoisotopic (exact) mass is 263 g/mol. The van der Waals surface area contributed by atoms with Gasteiger partial charge in [0.2, 0.25) is 10.0 Å². The molecule has 0 amide bonds. The SMILES string of the molecule is Cc1cc(S(N)(=O)=O)c(C)cc1Br. The molecule has 5 heteroatoms. The third-order valence-corrected chi connectivity index (χ3v) is 3.67. The minimum absolute atomic E-state index is 0.188. The summed E-state index contributed by atoms with van der Waals surface area (Å²) in [6, 6.07) is 3.31. The number of primary sulfonamides is 1. The number of hydrogen-bond donors (Lipinski definition) is 1. The Labute approximate surface area is 86.1 Å². The third-order valence-electron chi connectivity index (χ3n) is 1.76. The number of halogens is 1. The van der Waals surface area contributed by atoms with Crippen LogP contribution in [0.3, 0.4) is 0 Å². The van der Waals surface area contributed by atoms with Gasteiger partial charge in [0.05, 0.1) is 4.90 Å². The maximum Gasteiger partial charge on any atom is 0.238 e. The molecule has 3 nitrogen and oxygen atoms in total. The van der Waals surface area contributed by atoms with E-state index in [2.05, 4.69) is 15.9 Å². The molecule has 72 valence electrons. The summed E-state index contributed by atoms with van der Waals surface area (Å²) in [6.45, 7) is 3.53. The van der Waals surface area contributed by atoms with Crippen molar-refractivity contribution in [3.63, 3.8) is 0 Å². The zero-order valence-electron chi connectivity index (χ0n) is 7.33. The molecule has 2 N–H and O–H groups in total. The molecular formula is C8H10BrNO2S. The van der Waals surface area contributed by atoms with Gasteiger partial charge >= 0.3 is 0 Å². The van der Waals surface area contributed by atoms with Crippen molar-refractivity contribution in [2.75, 3.05) is 0 Å². The number of benzene rings is 1. The number of sulfonamides is 1. The van der Waals surface area contributed by atoms with Gasteiger partial charge in [-0.05, 0) is 37.1 Å². The molecule has 0 atom stereocenters. The molecule has 0 spiro atoms. The average Bonchev–Trinajstić information content (AvgIpc) is 1.94. The predicted molar refractivity (Wildman–Crippen MR) is 55.0 cm³/mol. The molecule has 0 aliphatic heterocycles. The Morgan fingerprint density at radius 2 is 1.77 bits per heavy atom. The largest absolute Gasteiger partial charge is 0.238 e. The van der Waals surface area contributed by atoms with Crippen LogP contribution < -0.4 is 5.14 Å². The molecule has 0 aliphatic rings. The van der Waals surface area contributed by atoms with Crippen LogP contribution in [-0.4, -0.2) is 8.42 Å². The van der Waals surface area contributed by atoms with Crippen LogP contribution in [0.15, 0.2) is 21.5 Å². The summed E-state index contributed by atoms with van der Waals surface area (Å²) in [6.07, 6.45) is 0. The van der Waals surface area contributed by atoms with Crippen LogP contribution >= 0.6 is 15.9 Å². The fourth-order valence-corrected chi connectivity index (χ4v) is 2.37. The Morgan fingerprint density at radius 3 is 2.23 bits per heavy atom. The summed E-state index contributed by atoms with van der Waals surface area (Å²) in [5, 5.41) is 5.03. The molecule has 0 saturated carbocycles. The van der Waals surface area contributed by atoms with Gasteiger partial charge in [-0.1, -0.05) is 15.9 Å². The fourth-order valence-electron chi connectivity index (χ4n) is 1.06. The summed E-state index contributed by atoms with van der Waals surface area (Å²) in [5.74, 6) is 0. The molecular weight excluding hydrogens is 254 g/mol. The van der Waals surface area contributed by atoms with E-state index in [-0.39, 0.29) is 4.90 Å². The first-order valence-electron chi connectivity index (χ1n) is 3.62. The van der Waals surface area contributed by atoms with Crippen LogP contribution in [0, 0.1) is 13.8 Å². The van der Waals surface area contributed by atoms with Crippen LogP contribution in [0.5, 0.6) is 0 Å². The Hall–Kier alpha value is -0.390. The Kier molecular flexibility index (Phi) is 2.79. The second kappa shape index (κ2) is 3.40. The number of rotatable bonds is 1. The van der Waals surface area contributed by atoms with E-state index in [0.29, 0.717) is 5.56 Å². The van der Waals surface area contributed by atoms with Crippen LogP contribution in [0.4, 0.5) is 0 Å². The van der Waals surface area contributed by atoms with Gasteiger partial charge in [0.1, 0.15) is 0 Å². The van der Waals surface area contributed by atoms with Crippen molar-refractivity contribution in [1.82, 2.24) is 0 Å². The molecule has 1 rings (SSSR count). The van der Waals surface area contributed by atoms with Crippen molar-refractivity contribution in [2.24, 2.45) is 5.14 Å². The molecule has 0 heterocycles. The first kappa shape index (κ1) is 10.7. The highest BCUT2D eigenvalue weighted by Crippen LogP contribution is 2.23. The van der Waals surface area contributed by atoms with Gasteiger partial charge in [0.15, 0.2) is 0 Å². The molecule has 0 aromatic heterocycles. The maximum absolute atomic E-state index is 11.1. The lowest BCUT2D eigenvalue weighted by atomic mass is 10.2. The van der Waals surface area contributed by atoms with Gasteiger partial charge in [-0.25, -0.2) is 13.6 Å². The summed E-state index contributed by atoms with van der Waals surface area (Å²) >= 11 is 3.31. The molecule has 1 aromatic carbocycles. The van der Waals surface area contributed by atoms with Crippen LogP contribution in [0.25, 0.3) is 0 Å². The fraction of sp³-hybridized carbons (Fsp3) is 0.250. The van der Waals surface area contributed by atoms with Gasteiger partial charge in [-0.3, -0.25) is 0 Å². The molecule has 0 unspecified atom stereocenters. The van der Waals surface area contributed by atoms with Gasteiger partial charge in [-0.15, -0.1) is 0 Å². The minimum atomic E-state index is -3.59. The van der Waals surface area contributed by atoms with Gasteiger partial charge in [0.25, 0.3) is 0 Å². The lowest BCUT2D eigenvalue weighted by Crippen LogP contribution is -2.13. The Morgan fingerprint density at radius 1 is 1.23 bits per heavy atom. The summed E-state index contributed by atoms with van der Waals surface area (Å²) in [4.78, 5) is 0.188. The zero-order valence-corrected chi connectivity index (χ0v) is 9.74. The van der Waals surface area contributed by atoms with Crippen LogP contribution in [-0.2, 0) is 10.0 Å². The third kappa shape index (κ3) is 2.30. The van der Waals surface area contributed by atoms with E-state index in [4.69, 9.17) is 5.14 Å². The average molecular weight is 264 g/mol. The van der Waals surface area contributed by atoms with E-state index in [1.807, 2.05) is 6.92 Å². The number of aryl methyl sites for hydroxylation is 2. The first-order chi connectivity index (χ1) is 5.82. The molecule has 0 radical (unpaired) electrons. The van der Waals surface area contributed by atoms with Crippen molar-refractivity contribution in [3.05, 3.63) is 27.7 Å². The molecule has 1 aromatic rings. The van der Waals surface area contributed by atoms with Crippen LogP contribution in [0.2, 0.25) is 0 Å². The van der Waals surface area contributed by atoms with Crippen LogP contribution in [0.1, 0.15) is 11.1 Å². The van der Waals surface area contributed by atoms with E-state index in [1.54, 1.807) is 19.1 Å². The van der Waals surface area contributed by atoms with Crippen molar-refractivity contribution >= 4 is 26.0 Å². The van der Waals surface area contributed by atoms with Gasteiger partial charge < -0.3 is 0 Å². The predicted octanol–water partition coefficient (Wildman–Crippen LogP) is 1.71. The second-order valence-electron chi connectivity index (χ2n) is 2.91. The quantitative estimate of drug-likeness (QED) is 0.839. The Balaban J connectivity index is 3.50. The first-order valence-corrected chi connectivity index (χ1v) is 5.96. The van der Waals surface area contributed by atoms with Crippen molar-refractivity contribution < 1.29 is 8.42 Å². The normalized spacial score (nSPS) is 11.7. The van der Waals surface area contributed by atoms with E-state index >= 15 is 0 Å². The minimum Gasteiger partial charge on any atom is -0.225 e. The molecule has 0 fully saturated rings. The highest BCUT2D eigenvalue weighted by atomic mass is 79.9. The van der Waals surface area contributed by atoms with E-state index in [9.17, 15) is 8.42 Å². The van der Waals surface area contributed by atoms with E-state index in [1.165, 1.54) is 0 Å². The summed E-state index contributed by atoms with van der Waals surface area (Å²) in [7, 11) is -3.59. The zero-order chi connectivity index (χ0) is 10.2. The lowest BCUT2D eigenvalue weighted by molar-refractivity contribution is 0.597. The van der Waals surface area contributed by atoms with Gasteiger partial charge in [-0.2, -0.15) is 0 Å². The number of nitrogens with two attached hydrogens (primary N) is 1. The molecule has 0 aliphatic carbocycles. The number of hydrogen-bond acceptors (Lipinski definition) is 2. The lowest BCUT2D eigenvalue weighted by Gasteiger charge is -2.06. The summed E-state index contributed by atoms with van der Waals surface area (Å²) < 4.78 is 23.0. The van der Waals surface area contributed by atoms with Crippen molar-refractivity contribution in [2.45, 2.75) is 18.7 Å². The topological polar surface area (TPSA) is 60.2 Å². The highest BCUT2D eigenvalue weighted by Gasteiger charge is 2.12. The molecule has 13 heavy (non-hydrogen) atoms.